The number of hydrogen-bond acceptors (Lipinski definition) is 3. The third-order valence-corrected chi connectivity index (χ3v) is 4.71. The minimum Gasteiger partial charge on any atom is -0.348 e. The SMILES string of the molecule is NS(=O)(=O)c1ccc(CNC(=O)/C=C/c2c(Cl)cccc2Cl)cc1. The summed E-state index contributed by atoms with van der Waals surface area (Å²) in [7, 11) is -3.72. The molecular weight excluding hydrogens is 371 g/mol. The van der Waals surface area contributed by atoms with Gasteiger partial charge in [-0.15, -0.1) is 0 Å². The number of nitrogens with two attached hydrogens (primary N) is 1. The number of carbonyl (C=O) groups excluding carboxylic acids is 1. The molecule has 0 saturated carbocycles. The third kappa shape index (κ3) is 5.07. The lowest BCUT2D eigenvalue weighted by Crippen LogP contribution is -2.20. The van der Waals surface area contributed by atoms with Crippen molar-refractivity contribution in [3.8, 4) is 0 Å². The third-order valence-electron chi connectivity index (χ3n) is 3.12. The zero-order chi connectivity index (χ0) is 17.7. The summed E-state index contributed by atoms with van der Waals surface area (Å²) in [4.78, 5) is 11.9. The van der Waals surface area contributed by atoms with E-state index in [-0.39, 0.29) is 17.3 Å². The van der Waals surface area contributed by atoms with Crippen LogP contribution in [0.4, 0.5) is 0 Å². The summed E-state index contributed by atoms with van der Waals surface area (Å²) < 4.78 is 22.3. The van der Waals surface area contributed by atoms with Gasteiger partial charge in [0.1, 0.15) is 0 Å². The van der Waals surface area contributed by atoms with Crippen molar-refractivity contribution in [1.82, 2.24) is 5.32 Å². The molecule has 24 heavy (non-hydrogen) atoms. The maximum absolute atomic E-state index is 11.8. The Balaban J connectivity index is 1.97. The van der Waals surface area contributed by atoms with E-state index >= 15 is 0 Å². The summed E-state index contributed by atoms with van der Waals surface area (Å²) in [5, 5.41) is 8.59. The van der Waals surface area contributed by atoms with Crippen molar-refractivity contribution in [3.63, 3.8) is 0 Å². The van der Waals surface area contributed by atoms with Crippen LogP contribution in [-0.4, -0.2) is 14.3 Å². The summed E-state index contributed by atoms with van der Waals surface area (Å²) in [6.07, 6.45) is 2.86. The fourth-order valence-electron chi connectivity index (χ4n) is 1.87. The van der Waals surface area contributed by atoms with Crippen LogP contribution in [0.5, 0.6) is 0 Å². The van der Waals surface area contributed by atoms with Crippen LogP contribution in [0.2, 0.25) is 10.0 Å². The van der Waals surface area contributed by atoms with Crippen molar-refractivity contribution in [2.24, 2.45) is 5.14 Å². The summed E-state index contributed by atoms with van der Waals surface area (Å²) in [5.74, 6) is -0.332. The van der Waals surface area contributed by atoms with E-state index in [1.807, 2.05) is 0 Å². The Morgan fingerprint density at radius 3 is 2.21 bits per heavy atom. The Morgan fingerprint density at radius 2 is 1.67 bits per heavy atom. The zero-order valence-electron chi connectivity index (χ0n) is 12.4. The minimum atomic E-state index is -3.72. The lowest BCUT2D eigenvalue weighted by atomic mass is 10.2. The van der Waals surface area contributed by atoms with Crippen molar-refractivity contribution < 1.29 is 13.2 Å². The Labute approximate surface area is 150 Å². The molecule has 0 radical (unpaired) electrons. The molecule has 0 fully saturated rings. The molecule has 0 aliphatic carbocycles. The lowest BCUT2D eigenvalue weighted by molar-refractivity contribution is -0.116. The molecular formula is C16H14Cl2N2O3S. The van der Waals surface area contributed by atoms with Gasteiger partial charge in [-0.05, 0) is 35.9 Å². The van der Waals surface area contributed by atoms with Crippen molar-refractivity contribution in [3.05, 3.63) is 69.7 Å². The Bertz CT molecular complexity index is 858. The molecule has 5 nitrogen and oxygen atoms in total. The molecule has 0 bridgehead atoms. The van der Waals surface area contributed by atoms with Crippen LogP contribution < -0.4 is 10.5 Å². The first-order valence-electron chi connectivity index (χ1n) is 6.79. The summed E-state index contributed by atoms with van der Waals surface area (Å²) in [6, 6.07) is 11.0. The highest BCUT2D eigenvalue weighted by Crippen LogP contribution is 2.25. The fraction of sp³-hybridized carbons (Fsp3) is 0.0625. The molecule has 2 rings (SSSR count). The van der Waals surface area contributed by atoms with Crippen LogP contribution in [0.1, 0.15) is 11.1 Å². The van der Waals surface area contributed by atoms with Gasteiger partial charge < -0.3 is 5.32 Å². The van der Waals surface area contributed by atoms with E-state index in [1.165, 1.54) is 24.3 Å². The summed E-state index contributed by atoms with van der Waals surface area (Å²) in [5.41, 5.74) is 1.30. The van der Waals surface area contributed by atoms with Gasteiger partial charge in [0.25, 0.3) is 0 Å². The highest BCUT2D eigenvalue weighted by Gasteiger charge is 2.07. The molecule has 0 saturated heterocycles. The monoisotopic (exact) mass is 384 g/mol. The molecule has 0 aromatic heterocycles. The number of carbonyl (C=O) groups is 1. The molecule has 126 valence electrons. The predicted octanol–water partition coefficient (Wildman–Crippen LogP) is 2.97. The van der Waals surface area contributed by atoms with E-state index in [2.05, 4.69) is 5.32 Å². The van der Waals surface area contributed by atoms with Crippen molar-refractivity contribution >= 4 is 45.2 Å². The van der Waals surface area contributed by atoms with Crippen LogP contribution in [-0.2, 0) is 21.4 Å². The Kier molecular flexibility index (Phi) is 6.01. The predicted molar refractivity (Wildman–Crippen MR) is 95.2 cm³/mol. The standard InChI is InChI=1S/C16H14Cl2N2O3S/c17-14-2-1-3-15(18)13(14)8-9-16(21)20-10-11-4-6-12(7-5-11)24(19,22)23/h1-9H,10H2,(H,20,21)(H2,19,22,23)/b9-8+. The number of hydrogen-bond donors (Lipinski definition) is 2. The number of amides is 1. The van der Waals surface area contributed by atoms with Gasteiger partial charge in [0.15, 0.2) is 0 Å². The summed E-state index contributed by atoms with van der Waals surface area (Å²) in [6.45, 7) is 0.240. The Morgan fingerprint density at radius 1 is 1.08 bits per heavy atom. The quantitative estimate of drug-likeness (QED) is 0.776. The van der Waals surface area contributed by atoms with Crippen LogP contribution >= 0.6 is 23.2 Å². The van der Waals surface area contributed by atoms with Crippen molar-refractivity contribution in [2.75, 3.05) is 0 Å². The molecule has 8 heteroatoms. The number of primary sulfonamides is 1. The average Bonchev–Trinajstić information content (AvgIpc) is 2.52. The minimum absolute atomic E-state index is 0.0193. The second kappa shape index (κ2) is 7.81. The molecule has 0 aliphatic heterocycles. The first-order valence-corrected chi connectivity index (χ1v) is 9.09. The maximum atomic E-state index is 11.8. The first kappa shape index (κ1) is 18.5. The van der Waals surface area contributed by atoms with Gasteiger partial charge in [-0.25, -0.2) is 13.6 Å². The van der Waals surface area contributed by atoms with Gasteiger partial charge in [-0.1, -0.05) is 41.4 Å². The van der Waals surface area contributed by atoms with Gasteiger partial charge >= 0.3 is 0 Å². The number of sulfonamides is 1. The topological polar surface area (TPSA) is 89.3 Å². The van der Waals surface area contributed by atoms with E-state index in [0.717, 1.165) is 5.56 Å². The highest BCUT2D eigenvalue weighted by molar-refractivity contribution is 7.89. The first-order chi connectivity index (χ1) is 11.3. The van der Waals surface area contributed by atoms with E-state index in [9.17, 15) is 13.2 Å². The Hall–Kier alpha value is -1.86. The van der Waals surface area contributed by atoms with Crippen LogP contribution in [0.3, 0.4) is 0 Å². The summed E-state index contributed by atoms with van der Waals surface area (Å²) >= 11 is 12.0. The molecule has 0 atom stereocenters. The van der Waals surface area contributed by atoms with Gasteiger partial charge in [0, 0.05) is 28.2 Å². The largest absolute Gasteiger partial charge is 0.348 e. The molecule has 2 aromatic carbocycles. The number of halogens is 2. The van der Waals surface area contributed by atoms with Crippen molar-refractivity contribution in [2.45, 2.75) is 11.4 Å². The molecule has 0 spiro atoms. The number of nitrogens with one attached hydrogen (secondary N) is 1. The van der Waals surface area contributed by atoms with E-state index in [1.54, 1.807) is 30.3 Å². The average molecular weight is 385 g/mol. The number of benzene rings is 2. The maximum Gasteiger partial charge on any atom is 0.244 e. The lowest BCUT2D eigenvalue weighted by Gasteiger charge is -2.04. The second-order valence-corrected chi connectivity index (χ2v) is 7.25. The second-order valence-electron chi connectivity index (χ2n) is 4.88. The van der Waals surface area contributed by atoms with Gasteiger partial charge in [-0.3, -0.25) is 4.79 Å². The molecule has 3 N–H and O–H groups in total. The van der Waals surface area contributed by atoms with Crippen LogP contribution in [0.25, 0.3) is 6.08 Å². The van der Waals surface area contributed by atoms with Crippen molar-refractivity contribution in [1.29, 1.82) is 0 Å². The molecule has 0 heterocycles. The molecule has 0 unspecified atom stereocenters. The normalized spacial score (nSPS) is 11.6. The number of rotatable bonds is 5. The highest BCUT2D eigenvalue weighted by atomic mass is 35.5. The molecule has 2 aromatic rings. The van der Waals surface area contributed by atoms with Gasteiger partial charge in [0.2, 0.25) is 15.9 Å². The van der Waals surface area contributed by atoms with Crippen LogP contribution in [0.15, 0.2) is 53.4 Å². The van der Waals surface area contributed by atoms with Gasteiger partial charge in [-0.2, -0.15) is 0 Å². The molecule has 0 aliphatic rings. The van der Waals surface area contributed by atoms with Crippen LogP contribution in [0, 0.1) is 0 Å². The van der Waals surface area contributed by atoms with E-state index in [0.29, 0.717) is 15.6 Å². The zero-order valence-corrected chi connectivity index (χ0v) is 14.7. The van der Waals surface area contributed by atoms with Gasteiger partial charge in [0.05, 0.1) is 4.90 Å². The smallest absolute Gasteiger partial charge is 0.244 e. The fourth-order valence-corrected chi connectivity index (χ4v) is 2.91. The molecule has 1 amide bonds. The van der Waals surface area contributed by atoms with E-state index < -0.39 is 10.0 Å². The van der Waals surface area contributed by atoms with E-state index in [4.69, 9.17) is 28.3 Å².